The van der Waals surface area contributed by atoms with Crippen LogP contribution in [0.1, 0.15) is 21.6 Å². The van der Waals surface area contributed by atoms with E-state index in [1.807, 2.05) is 6.92 Å². The third-order valence-corrected chi connectivity index (χ3v) is 2.77. The Labute approximate surface area is 97.8 Å². The van der Waals surface area contributed by atoms with Crippen LogP contribution in [0.3, 0.4) is 0 Å². The Morgan fingerprint density at radius 3 is 2.59 bits per heavy atom. The lowest BCUT2D eigenvalue weighted by molar-refractivity contribution is 0.0692. The maximum atomic E-state index is 11.2. The second kappa shape index (κ2) is 3.73. The number of carboxylic acid groups (broad SMARTS) is 1. The van der Waals surface area contributed by atoms with Crippen molar-refractivity contribution in [3.63, 3.8) is 0 Å². The normalized spacial score (nSPS) is 10.8. The van der Waals surface area contributed by atoms with Gasteiger partial charge in [-0.3, -0.25) is 4.68 Å². The molecule has 2 heterocycles. The van der Waals surface area contributed by atoms with Crippen LogP contribution in [0.5, 0.6) is 5.88 Å². The van der Waals surface area contributed by atoms with Crippen LogP contribution in [-0.4, -0.2) is 33.0 Å². The quantitative estimate of drug-likeness (QED) is 0.848. The highest BCUT2D eigenvalue weighted by Gasteiger charge is 2.22. The van der Waals surface area contributed by atoms with Gasteiger partial charge in [0.1, 0.15) is 5.56 Å². The highest BCUT2D eigenvalue weighted by atomic mass is 16.5. The van der Waals surface area contributed by atoms with E-state index in [2.05, 4.69) is 10.1 Å². The Morgan fingerprint density at radius 1 is 1.41 bits per heavy atom. The topological polar surface area (TPSA) is 77.2 Å². The van der Waals surface area contributed by atoms with Crippen molar-refractivity contribution < 1.29 is 14.6 Å². The highest BCUT2D eigenvalue weighted by molar-refractivity contribution is 5.98. The molecule has 0 saturated carbocycles. The Balaban J connectivity index is 2.95. The molecule has 0 unspecified atom stereocenters. The lowest BCUT2D eigenvalue weighted by Gasteiger charge is -2.08. The molecule has 17 heavy (non-hydrogen) atoms. The van der Waals surface area contributed by atoms with Gasteiger partial charge < -0.3 is 9.84 Å². The zero-order chi connectivity index (χ0) is 12.7. The van der Waals surface area contributed by atoms with E-state index in [4.69, 9.17) is 4.74 Å². The molecule has 0 aliphatic carbocycles. The summed E-state index contributed by atoms with van der Waals surface area (Å²) in [6, 6.07) is 0. The predicted octanol–water partition coefficient (Wildman–Crippen LogP) is 1.29. The summed E-state index contributed by atoms with van der Waals surface area (Å²) in [6.45, 7) is 3.57. The summed E-state index contributed by atoms with van der Waals surface area (Å²) in [5.74, 6) is -0.928. The van der Waals surface area contributed by atoms with Gasteiger partial charge in [0, 0.05) is 12.4 Å². The molecule has 0 aliphatic rings. The number of methoxy groups -OCH3 is 1. The average molecular weight is 235 g/mol. The summed E-state index contributed by atoms with van der Waals surface area (Å²) in [4.78, 5) is 15.4. The number of hydrogen-bond donors (Lipinski definition) is 1. The molecule has 0 saturated heterocycles. The first kappa shape index (κ1) is 11.4. The van der Waals surface area contributed by atoms with Crippen LogP contribution in [0.2, 0.25) is 0 Å². The molecule has 0 radical (unpaired) electrons. The second-order valence-corrected chi connectivity index (χ2v) is 3.83. The lowest BCUT2D eigenvalue weighted by atomic mass is 10.1. The van der Waals surface area contributed by atoms with Crippen molar-refractivity contribution in [1.29, 1.82) is 0 Å². The first-order valence-corrected chi connectivity index (χ1v) is 5.08. The number of hydrogen-bond acceptors (Lipinski definition) is 4. The number of aromatic carboxylic acids is 1. The SMILES string of the molecule is COc1nc2c(c(C)nn2C)c(C)c1C(=O)O. The molecule has 0 spiro atoms. The van der Waals surface area contributed by atoms with E-state index in [0.717, 1.165) is 11.1 Å². The molecule has 0 aromatic carbocycles. The van der Waals surface area contributed by atoms with Crippen LogP contribution in [-0.2, 0) is 7.05 Å². The molecule has 2 aromatic heterocycles. The van der Waals surface area contributed by atoms with Gasteiger partial charge in [0.05, 0.1) is 12.8 Å². The first-order chi connectivity index (χ1) is 7.97. The summed E-state index contributed by atoms with van der Waals surface area (Å²) in [6.07, 6.45) is 0. The predicted molar refractivity (Wildman–Crippen MR) is 61.5 cm³/mol. The minimum absolute atomic E-state index is 0.0936. The van der Waals surface area contributed by atoms with E-state index >= 15 is 0 Å². The molecule has 0 fully saturated rings. The third kappa shape index (κ3) is 1.52. The van der Waals surface area contributed by atoms with Gasteiger partial charge in [0.15, 0.2) is 5.65 Å². The fourth-order valence-corrected chi connectivity index (χ4v) is 2.05. The number of ether oxygens (including phenoxy) is 1. The average Bonchev–Trinajstić information content (AvgIpc) is 2.53. The van der Waals surface area contributed by atoms with Gasteiger partial charge in [-0.15, -0.1) is 0 Å². The van der Waals surface area contributed by atoms with Crippen molar-refractivity contribution in [3.05, 3.63) is 16.8 Å². The van der Waals surface area contributed by atoms with Gasteiger partial charge in [-0.2, -0.15) is 10.1 Å². The van der Waals surface area contributed by atoms with Gasteiger partial charge in [0.25, 0.3) is 0 Å². The number of aromatic nitrogens is 3. The number of fused-ring (bicyclic) bond motifs is 1. The van der Waals surface area contributed by atoms with Crippen LogP contribution in [0.4, 0.5) is 0 Å². The van der Waals surface area contributed by atoms with Crippen molar-refractivity contribution >= 4 is 17.0 Å². The summed E-state index contributed by atoms with van der Waals surface area (Å²) < 4.78 is 6.64. The molecule has 2 rings (SSSR count). The number of carboxylic acids is 1. The number of rotatable bonds is 2. The van der Waals surface area contributed by atoms with Crippen molar-refractivity contribution in [3.8, 4) is 5.88 Å². The van der Waals surface area contributed by atoms with Crippen molar-refractivity contribution in [2.45, 2.75) is 13.8 Å². The Bertz CT molecular complexity index is 616. The zero-order valence-electron chi connectivity index (χ0n) is 10.1. The standard InChI is InChI=1S/C11H13N3O3/c1-5-7-6(2)13-14(3)9(7)12-10(17-4)8(5)11(15)16/h1-4H3,(H,15,16). The van der Waals surface area contributed by atoms with E-state index in [1.54, 1.807) is 18.7 Å². The maximum Gasteiger partial charge on any atom is 0.341 e. The zero-order valence-corrected chi connectivity index (χ0v) is 10.1. The highest BCUT2D eigenvalue weighted by Crippen LogP contribution is 2.28. The molecule has 6 heteroatoms. The minimum atomic E-state index is -1.04. The van der Waals surface area contributed by atoms with Gasteiger partial charge in [-0.1, -0.05) is 0 Å². The molecule has 0 atom stereocenters. The first-order valence-electron chi connectivity index (χ1n) is 5.08. The van der Waals surface area contributed by atoms with Crippen molar-refractivity contribution in [2.75, 3.05) is 7.11 Å². The van der Waals surface area contributed by atoms with Gasteiger partial charge in [-0.05, 0) is 19.4 Å². The number of carbonyl (C=O) groups is 1. The fourth-order valence-electron chi connectivity index (χ4n) is 2.05. The van der Waals surface area contributed by atoms with E-state index in [0.29, 0.717) is 11.2 Å². The minimum Gasteiger partial charge on any atom is -0.480 e. The van der Waals surface area contributed by atoms with Crippen LogP contribution in [0.25, 0.3) is 11.0 Å². The van der Waals surface area contributed by atoms with E-state index in [9.17, 15) is 9.90 Å². The van der Waals surface area contributed by atoms with Crippen molar-refractivity contribution in [2.24, 2.45) is 7.05 Å². The molecule has 0 aliphatic heterocycles. The van der Waals surface area contributed by atoms with Crippen molar-refractivity contribution in [1.82, 2.24) is 14.8 Å². The van der Waals surface area contributed by atoms with E-state index in [-0.39, 0.29) is 11.4 Å². The van der Waals surface area contributed by atoms with Crippen LogP contribution in [0.15, 0.2) is 0 Å². The molecule has 6 nitrogen and oxygen atoms in total. The Morgan fingerprint density at radius 2 is 2.06 bits per heavy atom. The summed E-state index contributed by atoms with van der Waals surface area (Å²) in [5, 5.41) is 14.2. The van der Waals surface area contributed by atoms with Crippen LogP contribution in [0, 0.1) is 13.8 Å². The molecule has 0 bridgehead atoms. The fraction of sp³-hybridized carbons (Fsp3) is 0.364. The molecule has 2 aromatic rings. The lowest BCUT2D eigenvalue weighted by Crippen LogP contribution is -2.06. The van der Waals surface area contributed by atoms with E-state index < -0.39 is 5.97 Å². The molecule has 90 valence electrons. The molecule has 0 amide bonds. The van der Waals surface area contributed by atoms with Gasteiger partial charge >= 0.3 is 5.97 Å². The Kier molecular flexibility index (Phi) is 2.49. The number of pyridine rings is 1. The summed E-state index contributed by atoms with van der Waals surface area (Å²) in [5.41, 5.74) is 2.11. The summed E-state index contributed by atoms with van der Waals surface area (Å²) >= 11 is 0. The second-order valence-electron chi connectivity index (χ2n) is 3.83. The van der Waals surface area contributed by atoms with Crippen LogP contribution >= 0.6 is 0 Å². The van der Waals surface area contributed by atoms with E-state index in [1.165, 1.54) is 7.11 Å². The maximum absolute atomic E-state index is 11.2. The Hall–Kier alpha value is -2.11. The molecular weight excluding hydrogens is 222 g/mol. The molecule has 1 N–H and O–H groups in total. The number of aryl methyl sites for hydroxylation is 3. The van der Waals surface area contributed by atoms with Crippen LogP contribution < -0.4 is 4.74 Å². The number of nitrogens with zero attached hydrogens (tertiary/aromatic N) is 3. The largest absolute Gasteiger partial charge is 0.480 e. The monoisotopic (exact) mass is 235 g/mol. The van der Waals surface area contributed by atoms with Gasteiger partial charge in [-0.25, -0.2) is 4.79 Å². The third-order valence-electron chi connectivity index (χ3n) is 2.77. The smallest absolute Gasteiger partial charge is 0.341 e. The molecular formula is C11H13N3O3. The van der Waals surface area contributed by atoms with Gasteiger partial charge in [0.2, 0.25) is 5.88 Å². The summed E-state index contributed by atoms with van der Waals surface area (Å²) in [7, 11) is 3.17.